The predicted molar refractivity (Wildman–Crippen MR) is 115 cm³/mol. The van der Waals surface area contributed by atoms with Gasteiger partial charge in [0, 0.05) is 19.2 Å². The van der Waals surface area contributed by atoms with Gasteiger partial charge in [-0.15, -0.1) is 24.0 Å². The molecule has 0 radical (unpaired) electrons. The molecule has 6 nitrogen and oxygen atoms in total. The zero-order chi connectivity index (χ0) is 18.8. The van der Waals surface area contributed by atoms with Crippen LogP contribution in [0.3, 0.4) is 0 Å². The number of hydrogen-bond acceptors (Lipinski definition) is 4. The van der Waals surface area contributed by atoms with E-state index in [9.17, 15) is 4.39 Å². The Labute approximate surface area is 177 Å². The van der Waals surface area contributed by atoms with Crippen molar-refractivity contribution in [3.05, 3.63) is 47.6 Å². The van der Waals surface area contributed by atoms with E-state index >= 15 is 0 Å². The molecule has 1 aromatic carbocycles. The molecular weight excluding hydrogens is 462 g/mol. The monoisotopic (exact) mass is 490 g/mol. The van der Waals surface area contributed by atoms with Crippen molar-refractivity contribution in [3.63, 3.8) is 0 Å². The first kappa shape index (κ1) is 23.2. The van der Waals surface area contributed by atoms with Crippen molar-refractivity contribution in [3.8, 4) is 5.75 Å². The Morgan fingerprint density at radius 3 is 2.63 bits per heavy atom. The van der Waals surface area contributed by atoms with E-state index in [4.69, 9.17) is 9.26 Å². The third-order valence-corrected chi connectivity index (χ3v) is 3.60. The van der Waals surface area contributed by atoms with Gasteiger partial charge in [0.15, 0.2) is 11.7 Å². The lowest BCUT2D eigenvalue weighted by molar-refractivity contribution is 0.310. The van der Waals surface area contributed by atoms with Crippen molar-refractivity contribution in [2.75, 3.05) is 19.7 Å². The van der Waals surface area contributed by atoms with Crippen LogP contribution in [-0.4, -0.2) is 30.8 Å². The molecule has 0 fully saturated rings. The lowest BCUT2D eigenvalue weighted by atomic mass is 10.1. The van der Waals surface area contributed by atoms with Gasteiger partial charge < -0.3 is 19.9 Å². The first-order valence-corrected chi connectivity index (χ1v) is 8.94. The molecule has 0 aliphatic rings. The second-order valence-corrected chi connectivity index (χ2v) is 6.15. The first-order chi connectivity index (χ1) is 12.6. The van der Waals surface area contributed by atoms with E-state index < -0.39 is 0 Å². The highest BCUT2D eigenvalue weighted by atomic mass is 127. The molecule has 0 aliphatic heterocycles. The Morgan fingerprint density at radius 2 is 2.00 bits per heavy atom. The summed E-state index contributed by atoms with van der Waals surface area (Å²) >= 11 is 0. The smallest absolute Gasteiger partial charge is 0.191 e. The van der Waals surface area contributed by atoms with Crippen LogP contribution >= 0.6 is 24.0 Å². The number of hydrogen-bond donors (Lipinski definition) is 2. The summed E-state index contributed by atoms with van der Waals surface area (Å²) in [6, 6.07) is 7.96. The number of guanidine groups is 1. The normalized spacial score (nSPS) is 11.2. The molecule has 0 saturated heterocycles. The average molecular weight is 490 g/mol. The van der Waals surface area contributed by atoms with Gasteiger partial charge in [-0.2, -0.15) is 0 Å². The number of benzene rings is 1. The number of rotatable bonds is 9. The standard InChI is InChI=1S/C19H27FN4O2.HI/c1-4-21-19(23-13-17-12-18(14(2)3)24-26-17)22-10-5-11-25-16-8-6-15(20)7-9-16;/h6-9,12,14H,4-5,10-11,13H2,1-3H3,(H2,21,22,23);1H. The average Bonchev–Trinajstić information content (AvgIpc) is 3.10. The van der Waals surface area contributed by atoms with E-state index in [0.29, 0.717) is 31.4 Å². The van der Waals surface area contributed by atoms with Crippen LogP contribution in [0.25, 0.3) is 0 Å². The molecule has 150 valence electrons. The van der Waals surface area contributed by atoms with Crippen LogP contribution in [0.5, 0.6) is 5.75 Å². The zero-order valence-electron chi connectivity index (χ0n) is 16.0. The zero-order valence-corrected chi connectivity index (χ0v) is 18.3. The minimum absolute atomic E-state index is 0. The van der Waals surface area contributed by atoms with Gasteiger partial charge in [0.2, 0.25) is 0 Å². The molecule has 1 heterocycles. The summed E-state index contributed by atoms with van der Waals surface area (Å²) in [5.41, 5.74) is 0.936. The van der Waals surface area contributed by atoms with Gasteiger partial charge in [0.25, 0.3) is 0 Å². The fourth-order valence-corrected chi connectivity index (χ4v) is 2.17. The van der Waals surface area contributed by atoms with E-state index in [1.807, 2.05) is 13.0 Å². The van der Waals surface area contributed by atoms with Crippen LogP contribution < -0.4 is 15.4 Å². The van der Waals surface area contributed by atoms with Gasteiger partial charge in [-0.25, -0.2) is 9.38 Å². The maximum Gasteiger partial charge on any atom is 0.191 e. The summed E-state index contributed by atoms with van der Waals surface area (Å²) in [7, 11) is 0. The summed E-state index contributed by atoms with van der Waals surface area (Å²) in [6.45, 7) is 8.61. The minimum Gasteiger partial charge on any atom is -0.494 e. The fourth-order valence-electron chi connectivity index (χ4n) is 2.17. The number of nitrogens with one attached hydrogen (secondary N) is 2. The Bertz CT molecular complexity index is 689. The SMILES string of the molecule is CCNC(=NCc1cc(C(C)C)no1)NCCCOc1ccc(F)cc1.I. The molecule has 27 heavy (non-hydrogen) atoms. The van der Waals surface area contributed by atoms with Crippen molar-refractivity contribution in [2.24, 2.45) is 4.99 Å². The molecule has 0 spiro atoms. The summed E-state index contributed by atoms with van der Waals surface area (Å²) in [5, 5.41) is 10.5. The highest BCUT2D eigenvalue weighted by Crippen LogP contribution is 2.14. The van der Waals surface area contributed by atoms with E-state index in [1.54, 1.807) is 12.1 Å². The number of aromatic nitrogens is 1. The molecule has 2 aromatic rings. The van der Waals surface area contributed by atoms with Crippen molar-refractivity contribution in [2.45, 2.75) is 39.7 Å². The van der Waals surface area contributed by atoms with Crippen LogP contribution in [0.4, 0.5) is 4.39 Å². The van der Waals surface area contributed by atoms with E-state index in [-0.39, 0.29) is 29.8 Å². The van der Waals surface area contributed by atoms with Gasteiger partial charge in [0.1, 0.15) is 18.1 Å². The number of ether oxygens (including phenoxy) is 1. The van der Waals surface area contributed by atoms with Gasteiger partial charge in [-0.3, -0.25) is 0 Å². The van der Waals surface area contributed by atoms with Crippen molar-refractivity contribution < 1.29 is 13.7 Å². The number of nitrogens with zero attached hydrogens (tertiary/aromatic N) is 2. The molecule has 0 bridgehead atoms. The molecule has 0 unspecified atom stereocenters. The van der Waals surface area contributed by atoms with Crippen molar-refractivity contribution in [1.29, 1.82) is 0 Å². The van der Waals surface area contributed by atoms with Gasteiger partial charge >= 0.3 is 0 Å². The second-order valence-electron chi connectivity index (χ2n) is 6.15. The summed E-state index contributed by atoms with van der Waals surface area (Å²) < 4.78 is 23.7. The molecule has 8 heteroatoms. The third-order valence-electron chi connectivity index (χ3n) is 3.60. The Hall–Kier alpha value is -1.84. The maximum absolute atomic E-state index is 12.8. The molecule has 1 aromatic heterocycles. The summed E-state index contributed by atoms with van der Waals surface area (Å²) in [5.74, 6) is 2.20. The fraction of sp³-hybridized carbons (Fsp3) is 0.474. The van der Waals surface area contributed by atoms with Crippen LogP contribution in [0.2, 0.25) is 0 Å². The van der Waals surface area contributed by atoms with Crippen molar-refractivity contribution >= 4 is 29.9 Å². The summed E-state index contributed by atoms with van der Waals surface area (Å²) in [6.07, 6.45) is 0.793. The Morgan fingerprint density at radius 1 is 1.26 bits per heavy atom. The van der Waals surface area contributed by atoms with Crippen LogP contribution in [-0.2, 0) is 6.54 Å². The number of halogens is 2. The third kappa shape index (κ3) is 8.59. The molecule has 0 aliphatic carbocycles. The molecule has 0 amide bonds. The second kappa shape index (κ2) is 12.5. The van der Waals surface area contributed by atoms with Gasteiger partial charge in [0.05, 0.1) is 12.3 Å². The van der Waals surface area contributed by atoms with Crippen LogP contribution in [0, 0.1) is 5.82 Å². The first-order valence-electron chi connectivity index (χ1n) is 8.94. The molecular formula is C19H28FIN4O2. The van der Waals surface area contributed by atoms with E-state index in [2.05, 4.69) is 34.6 Å². The van der Waals surface area contributed by atoms with Crippen LogP contribution in [0.1, 0.15) is 44.6 Å². The summed E-state index contributed by atoms with van der Waals surface area (Å²) in [4.78, 5) is 4.50. The minimum atomic E-state index is -0.266. The number of aliphatic imine (C=N–C) groups is 1. The topological polar surface area (TPSA) is 71.7 Å². The van der Waals surface area contributed by atoms with Crippen LogP contribution in [0.15, 0.2) is 39.8 Å². The molecule has 0 atom stereocenters. The quantitative estimate of drug-likeness (QED) is 0.240. The molecule has 0 saturated carbocycles. The lowest BCUT2D eigenvalue weighted by Gasteiger charge is -2.11. The maximum atomic E-state index is 12.8. The largest absolute Gasteiger partial charge is 0.494 e. The highest BCUT2D eigenvalue weighted by Gasteiger charge is 2.07. The molecule has 2 rings (SSSR count). The Kier molecular flexibility index (Phi) is 10.8. The lowest BCUT2D eigenvalue weighted by Crippen LogP contribution is -2.38. The van der Waals surface area contributed by atoms with Gasteiger partial charge in [-0.1, -0.05) is 19.0 Å². The van der Waals surface area contributed by atoms with Crippen molar-refractivity contribution in [1.82, 2.24) is 15.8 Å². The van der Waals surface area contributed by atoms with E-state index in [1.165, 1.54) is 12.1 Å². The van der Waals surface area contributed by atoms with Gasteiger partial charge in [-0.05, 0) is 43.5 Å². The molecule has 2 N–H and O–H groups in total. The predicted octanol–water partition coefficient (Wildman–Crippen LogP) is 4.08. The highest BCUT2D eigenvalue weighted by molar-refractivity contribution is 14.0. The Balaban J connectivity index is 0.00000364. The van der Waals surface area contributed by atoms with E-state index in [0.717, 1.165) is 30.4 Å².